The van der Waals surface area contributed by atoms with E-state index in [1.54, 1.807) is 36.4 Å². The number of H-pyrrole nitrogens is 1. The summed E-state index contributed by atoms with van der Waals surface area (Å²) >= 11 is 6.16. The van der Waals surface area contributed by atoms with E-state index < -0.39 is 36.2 Å². The molecule has 2 aromatic carbocycles. The molecule has 0 fully saturated rings. The maximum absolute atomic E-state index is 14.8. The third-order valence-electron chi connectivity index (χ3n) is 6.69. The van der Waals surface area contributed by atoms with Gasteiger partial charge in [0.2, 0.25) is 5.91 Å². The van der Waals surface area contributed by atoms with Crippen LogP contribution in [0.4, 0.5) is 14.5 Å². The van der Waals surface area contributed by atoms with Crippen molar-refractivity contribution in [1.29, 1.82) is 0 Å². The van der Waals surface area contributed by atoms with E-state index in [1.165, 1.54) is 48.6 Å². The number of hydrogen-bond donors (Lipinski definition) is 3. The summed E-state index contributed by atoms with van der Waals surface area (Å²) in [5.41, 5.74) is 2.40. The molecule has 0 saturated heterocycles. The van der Waals surface area contributed by atoms with Gasteiger partial charge in [0.05, 0.1) is 42.8 Å². The van der Waals surface area contributed by atoms with Gasteiger partial charge in [-0.25, -0.2) is 4.98 Å². The van der Waals surface area contributed by atoms with Crippen LogP contribution in [0.1, 0.15) is 35.8 Å². The number of benzene rings is 2. The van der Waals surface area contributed by atoms with Crippen LogP contribution < -0.4 is 10.6 Å². The fraction of sp³-hybridized carbons (Fsp3) is 0.207. The van der Waals surface area contributed by atoms with Crippen molar-refractivity contribution in [1.82, 2.24) is 35.5 Å². The van der Waals surface area contributed by atoms with Gasteiger partial charge in [0.1, 0.15) is 12.2 Å². The quantitative estimate of drug-likeness (QED) is 0.164. The number of alkyl halides is 2. The van der Waals surface area contributed by atoms with Crippen molar-refractivity contribution < 1.29 is 27.9 Å². The lowest BCUT2D eigenvalue weighted by Gasteiger charge is -2.17. The number of aromatic nitrogens is 6. The first kappa shape index (κ1) is 30.2. The van der Waals surface area contributed by atoms with Crippen molar-refractivity contribution in [2.75, 3.05) is 12.4 Å². The third kappa shape index (κ3) is 7.03. The van der Waals surface area contributed by atoms with Gasteiger partial charge in [-0.3, -0.25) is 14.4 Å². The molecule has 3 N–H and O–H groups in total. The summed E-state index contributed by atoms with van der Waals surface area (Å²) < 4.78 is 35.7. The van der Waals surface area contributed by atoms with Crippen molar-refractivity contribution in [3.8, 4) is 16.9 Å². The van der Waals surface area contributed by atoms with Crippen LogP contribution in [0.3, 0.4) is 0 Å². The van der Waals surface area contributed by atoms with E-state index in [0.29, 0.717) is 38.9 Å². The highest BCUT2D eigenvalue weighted by Gasteiger charge is 2.38. The number of imidazole rings is 1. The molecule has 0 radical (unpaired) electrons. The maximum atomic E-state index is 14.8. The smallest absolute Gasteiger partial charge is 0.328 e. The monoisotopic (exact) mass is 622 g/mol. The highest BCUT2D eigenvalue weighted by Crippen LogP contribution is 2.32. The molecule has 5 rings (SSSR count). The van der Waals surface area contributed by atoms with Gasteiger partial charge < -0.3 is 20.4 Å². The predicted octanol–water partition coefficient (Wildman–Crippen LogP) is 4.22. The summed E-state index contributed by atoms with van der Waals surface area (Å²) in [6.07, 6.45) is 7.44. The highest BCUT2D eigenvalue weighted by molar-refractivity contribution is 6.30. The molecule has 0 spiro atoms. The number of hydrogen-bond acceptors (Lipinski definition) is 8. The van der Waals surface area contributed by atoms with Crippen molar-refractivity contribution in [2.45, 2.75) is 31.2 Å². The maximum Gasteiger partial charge on any atom is 0.328 e. The summed E-state index contributed by atoms with van der Waals surface area (Å²) in [6, 6.07) is 8.89. The van der Waals surface area contributed by atoms with Crippen molar-refractivity contribution >= 4 is 41.1 Å². The Morgan fingerprint density at radius 3 is 2.84 bits per heavy atom. The van der Waals surface area contributed by atoms with Gasteiger partial charge in [0, 0.05) is 28.6 Å². The zero-order valence-electron chi connectivity index (χ0n) is 23.1. The molecule has 0 unspecified atom stereocenters. The van der Waals surface area contributed by atoms with Gasteiger partial charge in [-0.2, -0.15) is 13.5 Å². The number of halogens is 3. The molecule has 1 aliphatic rings. The largest absolute Gasteiger partial charge is 0.469 e. The number of carbonyl (C=O) groups is 3. The van der Waals surface area contributed by atoms with E-state index in [9.17, 15) is 23.2 Å². The van der Waals surface area contributed by atoms with Crippen LogP contribution in [0.25, 0.3) is 23.0 Å². The van der Waals surface area contributed by atoms with Crippen LogP contribution in [-0.4, -0.2) is 61.0 Å². The van der Waals surface area contributed by atoms with Crippen molar-refractivity contribution in [3.05, 3.63) is 89.1 Å². The Hall–Kier alpha value is -5.24. The lowest BCUT2D eigenvalue weighted by Crippen LogP contribution is -2.34. The minimum Gasteiger partial charge on any atom is -0.469 e. The first-order valence-corrected chi connectivity index (χ1v) is 13.6. The summed E-state index contributed by atoms with van der Waals surface area (Å²) in [7, 11) is 1.23. The first-order valence-electron chi connectivity index (χ1n) is 13.2. The van der Waals surface area contributed by atoms with Crippen LogP contribution >= 0.6 is 11.6 Å². The number of aromatic amines is 1. The standard InChI is InChI=1S/C29H25ClF2N8O4/c1-44-26(42)13-17-5-8-20-22(12-17)37-28(43)29(31,32)11-3-2-4-21(27-33-15-23(20)36-27)35-25(41)10-6-18-14-19(30)7-9-24(18)40-16-34-38-39-40/h2-3,5-10,12,14-16,21H,4,11,13H2,1H3,(H,33,36)(H,35,41)(H,37,43)/b3-2-,10-6+/t21-/m0/s1. The van der Waals surface area contributed by atoms with Crippen molar-refractivity contribution in [3.63, 3.8) is 0 Å². The number of rotatable bonds is 6. The fourth-order valence-corrected chi connectivity index (χ4v) is 4.64. The molecule has 3 heterocycles. The second kappa shape index (κ2) is 13.0. The minimum atomic E-state index is -3.73. The van der Waals surface area contributed by atoms with Gasteiger partial charge in [0.15, 0.2) is 0 Å². The molecule has 44 heavy (non-hydrogen) atoms. The lowest BCUT2D eigenvalue weighted by molar-refractivity contribution is -0.140. The van der Waals surface area contributed by atoms with Gasteiger partial charge in [-0.15, -0.1) is 5.10 Å². The number of allylic oxidation sites excluding steroid dienone is 1. The number of amides is 2. The van der Waals surface area contributed by atoms with E-state index in [2.05, 4.69) is 36.1 Å². The number of methoxy groups -OCH3 is 1. The second-order valence-electron chi connectivity index (χ2n) is 9.74. The zero-order valence-corrected chi connectivity index (χ0v) is 23.9. The highest BCUT2D eigenvalue weighted by atomic mass is 35.5. The van der Waals surface area contributed by atoms with Gasteiger partial charge in [-0.1, -0.05) is 35.9 Å². The van der Waals surface area contributed by atoms with Gasteiger partial charge in [0.25, 0.3) is 5.91 Å². The Balaban J connectivity index is 1.44. The normalized spacial score (nSPS) is 17.0. The second-order valence-corrected chi connectivity index (χ2v) is 10.2. The van der Waals surface area contributed by atoms with Gasteiger partial charge in [-0.05, 0) is 52.8 Å². The van der Waals surface area contributed by atoms with Crippen molar-refractivity contribution in [2.24, 2.45) is 0 Å². The first-order chi connectivity index (χ1) is 21.1. The number of fused-ring (bicyclic) bond motifs is 4. The van der Waals surface area contributed by atoms with Crippen LogP contribution in [0.2, 0.25) is 5.02 Å². The molecule has 0 saturated carbocycles. The number of nitrogens with zero attached hydrogens (tertiary/aromatic N) is 5. The van der Waals surface area contributed by atoms with Crippen LogP contribution in [0.15, 0.2) is 67.2 Å². The summed E-state index contributed by atoms with van der Waals surface area (Å²) in [6.45, 7) is 0. The average molecular weight is 623 g/mol. The Morgan fingerprint density at radius 2 is 2.07 bits per heavy atom. The van der Waals surface area contributed by atoms with E-state index >= 15 is 0 Å². The van der Waals surface area contributed by atoms with E-state index in [4.69, 9.17) is 16.3 Å². The molecule has 4 aromatic rings. The average Bonchev–Trinajstić information content (AvgIpc) is 3.71. The summed E-state index contributed by atoms with van der Waals surface area (Å²) in [4.78, 5) is 45.0. The zero-order chi connectivity index (χ0) is 31.3. The van der Waals surface area contributed by atoms with E-state index in [1.807, 2.05) is 0 Å². The van der Waals surface area contributed by atoms with E-state index in [0.717, 1.165) is 0 Å². The summed E-state index contributed by atoms with van der Waals surface area (Å²) in [5.74, 6) is -5.91. The van der Waals surface area contributed by atoms with Crippen LogP contribution in [-0.2, 0) is 25.5 Å². The predicted molar refractivity (Wildman–Crippen MR) is 156 cm³/mol. The number of carbonyl (C=O) groups excluding carboxylic acids is 3. The molecular formula is C29H25ClF2N8O4. The SMILES string of the molecule is COC(=O)Cc1ccc2c(c1)NC(=O)C(F)(F)C/C=C\C[C@H](NC(=O)/C=C/c1cc(Cl)ccc1-n1cnnn1)c1ncc-2[nH]1. The third-order valence-corrected chi connectivity index (χ3v) is 6.92. The van der Waals surface area contributed by atoms with E-state index in [-0.39, 0.29) is 18.5 Å². The molecule has 1 atom stereocenters. The Bertz CT molecular complexity index is 1750. The van der Waals surface area contributed by atoms with Crippen LogP contribution in [0, 0.1) is 0 Å². The number of anilines is 1. The van der Waals surface area contributed by atoms with Crippen LogP contribution in [0.5, 0.6) is 0 Å². The molecule has 2 aromatic heterocycles. The summed E-state index contributed by atoms with van der Waals surface area (Å²) in [5, 5.41) is 16.7. The fourth-order valence-electron chi connectivity index (χ4n) is 4.46. The minimum absolute atomic E-state index is 0.0536. The molecular weight excluding hydrogens is 598 g/mol. The molecule has 2 bridgehead atoms. The van der Waals surface area contributed by atoms with Gasteiger partial charge >= 0.3 is 11.9 Å². The molecule has 12 nitrogen and oxygen atoms in total. The Kier molecular flexibility index (Phi) is 8.90. The number of tetrazole rings is 1. The molecule has 226 valence electrons. The molecule has 0 aliphatic carbocycles. The molecule has 15 heteroatoms. The lowest BCUT2D eigenvalue weighted by atomic mass is 10.0. The molecule has 2 amide bonds. The number of esters is 1. The number of nitrogens with one attached hydrogen (secondary N) is 3. The molecule has 1 aliphatic heterocycles. The number of ether oxygens (including phenoxy) is 1. The Labute approximate surface area is 254 Å². The topological polar surface area (TPSA) is 157 Å². The Morgan fingerprint density at radius 1 is 1.23 bits per heavy atom.